The van der Waals surface area contributed by atoms with Gasteiger partial charge in [-0.1, -0.05) is 12.1 Å². The largest absolute Gasteiger partial charge is 0.378 e. The van der Waals surface area contributed by atoms with E-state index in [2.05, 4.69) is 10.3 Å². The van der Waals surface area contributed by atoms with Gasteiger partial charge in [0.05, 0.1) is 35.7 Å². The lowest BCUT2D eigenvalue weighted by atomic mass is 10.2. The molecular formula is C17H18N4O3S2. The molecule has 9 heteroatoms. The van der Waals surface area contributed by atoms with Gasteiger partial charge in [-0.2, -0.15) is 0 Å². The number of benzene rings is 1. The van der Waals surface area contributed by atoms with Gasteiger partial charge in [-0.3, -0.25) is 5.32 Å². The first-order valence-electron chi connectivity index (χ1n) is 8.19. The lowest BCUT2D eigenvalue weighted by molar-refractivity contribution is 0.0147. The average molecular weight is 390 g/mol. The Morgan fingerprint density at radius 2 is 2.31 bits per heavy atom. The highest BCUT2D eigenvalue weighted by molar-refractivity contribution is 7.18. The predicted octanol–water partition coefficient (Wildman–Crippen LogP) is 3.50. The molecule has 0 aliphatic carbocycles. The number of amides is 2. The van der Waals surface area contributed by atoms with Gasteiger partial charge in [-0.25, -0.2) is 14.8 Å². The molecule has 0 radical (unpaired) electrons. The number of fused-ring (bicyclic) bond motifs is 1. The summed E-state index contributed by atoms with van der Waals surface area (Å²) in [6.07, 6.45) is 0. The van der Waals surface area contributed by atoms with Crippen molar-refractivity contribution in [3.63, 3.8) is 0 Å². The molecule has 4 rings (SSSR count). The normalized spacial score (nSPS) is 17.6. The van der Waals surface area contributed by atoms with Gasteiger partial charge in [0.25, 0.3) is 0 Å². The van der Waals surface area contributed by atoms with E-state index in [9.17, 15) is 4.79 Å². The summed E-state index contributed by atoms with van der Waals surface area (Å²) in [6.45, 7) is 1.91. The van der Waals surface area contributed by atoms with Crippen LogP contribution in [0.2, 0.25) is 0 Å². The zero-order valence-electron chi connectivity index (χ0n) is 14.2. The first kappa shape index (κ1) is 17.3. The van der Waals surface area contributed by atoms with Crippen molar-refractivity contribution in [3.8, 4) is 0 Å². The maximum absolute atomic E-state index is 12.8. The molecule has 1 fully saturated rings. The number of carbonyl (C=O) groups is 1. The quantitative estimate of drug-likeness (QED) is 0.738. The van der Waals surface area contributed by atoms with Crippen molar-refractivity contribution in [3.05, 3.63) is 40.3 Å². The maximum atomic E-state index is 12.8. The minimum atomic E-state index is -0.195. The van der Waals surface area contributed by atoms with Crippen molar-refractivity contribution in [1.29, 1.82) is 0 Å². The highest BCUT2D eigenvalue weighted by Crippen LogP contribution is 2.32. The van der Waals surface area contributed by atoms with E-state index in [1.807, 2.05) is 29.6 Å². The van der Waals surface area contributed by atoms with Crippen molar-refractivity contribution in [2.24, 2.45) is 0 Å². The van der Waals surface area contributed by atoms with Gasteiger partial charge >= 0.3 is 6.03 Å². The smallest absolute Gasteiger partial charge is 0.324 e. The number of aromatic nitrogens is 2. The molecule has 0 bridgehead atoms. The number of methoxy groups -OCH3 is 1. The van der Waals surface area contributed by atoms with Gasteiger partial charge in [0.15, 0.2) is 5.13 Å². The molecule has 1 N–H and O–H groups in total. The van der Waals surface area contributed by atoms with Gasteiger partial charge < -0.3 is 14.4 Å². The number of morpholine rings is 1. The van der Waals surface area contributed by atoms with Crippen molar-refractivity contribution in [2.75, 3.05) is 32.2 Å². The van der Waals surface area contributed by atoms with Crippen LogP contribution in [0.5, 0.6) is 0 Å². The van der Waals surface area contributed by atoms with Crippen molar-refractivity contribution < 1.29 is 14.3 Å². The number of nitrogens with one attached hydrogen (secondary N) is 1. The predicted molar refractivity (Wildman–Crippen MR) is 102 cm³/mol. The van der Waals surface area contributed by atoms with Crippen molar-refractivity contribution in [2.45, 2.75) is 12.6 Å². The molecule has 0 saturated carbocycles. The number of nitrogens with zero attached hydrogens (tertiary/aromatic N) is 3. The number of urea groups is 1. The number of hydrogen-bond acceptors (Lipinski definition) is 7. The third-order valence-corrected chi connectivity index (χ3v) is 5.99. The molecule has 136 valence electrons. The summed E-state index contributed by atoms with van der Waals surface area (Å²) in [6, 6.07) is 7.60. The topological polar surface area (TPSA) is 76.6 Å². The summed E-state index contributed by atoms with van der Waals surface area (Å²) in [4.78, 5) is 23.6. The molecule has 3 heterocycles. The first-order chi connectivity index (χ1) is 12.7. The first-order valence-corrected chi connectivity index (χ1v) is 9.88. The molecule has 2 amide bonds. The summed E-state index contributed by atoms with van der Waals surface area (Å²) in [5.41, 5.74) is 1.75. The molecule has 7 nitrogen and oxygen atoms in total. The van der Waals surface area contributed by atoms with Gasteiger partial charge in [0.1, 0.15) is 11.0 Å². The van der Waals surface area contributed by atoms with Gasteiger partial charge in [-0.05, 0) is 12.1 Å². The molecule has 0 spiro atoms. The summed E-state index contributed by atoms with van der Waals surface area (Å²) in [5.74, 6) is 0. The van der Waals surface area contributed by atoms with Crippen molar-refractivity contribution in [1.82, 2.24) is 14.9 Å². The Kier molecular flexibility index (Phi) is 5.11. The minimum Gasteiger partial charge on any atom is -0.378 e. The van der Waals surface area contributed by atoms with E-state index in [4.69, 9.17) is 14.5 Å². The molecule has 26 heavy (non-hydrogen) atoms. The molecule has 3 aromatic rings. The second kappa shape index (κ2) is 7.67. The highest BCUT2D eigenvalue weighted by Gasteiger charge is 2.31. The number of hydrogen-bond donors (Lipinski definition) is 1. The van der Waals surface area contributed by atoms with Crippen LogP contribution in [0, 0.1) is 0 Å². The zero-order valence-corrected chi connectivity index (χ0v) is 15.8. The van der Waals surface area contributed by atoms with Crippen LogP contribution < -0.4 is 5.32 Å². The molecule has 1 aromatic carbocycles. The molecule has 1 aliphatic rings. The summed E-state index contributed by atoms with van der Waals surface area (Å²) in [5, 5.41) is 6.22. The molecule has 1 atom stereocenters. The van der Waals surface area contributed by atoms with Gasteiger partial charge in [0.2, 0.25) is 0 Å². The lowest BCUT2D eigenvalue weighted by Gasteiger charge is -2.34. The third-order valence-electron chi connectivity index (χ3n) is 4.04. The van der Waals surface area contributed by atoms with Crippen LogP contribution in [0.25, 0.3) is 10.2 Å². The van der Waals surface area contributed by atoms with E-state index in [-0.39, 0.29) is 12.1 Å². The molecule has 1 aliphatic heterocycles. The van der Waals surface area contributed by atoms with Crippen LogP contribution in [-0.4, -0.2) is 47.8 Å². The fraction of sp³-hybridized carbons (Fsp3) is 0.353. The maximum Gasteiger partial charge on any atom is 0.324 e. The lowest BCUT2D eigenvalue weighted by Crippen LogP contribution is -2.45. The second-order valence-electron chi connectivity index (χ2n) is 5.81. The molecule has 1 unspecified atom stereocenters. The third kappa shape index (κ3) is 3.56. The van der Waals surface area contributed by atoms with Crippen LogP contribution in [0.1, 0.15) is 16.7 Å². The van der Waals surface area contributed by atoms with Gasteiger partial charge in [0, 0.05) is 19.0 Å². The molecule has 2 aromatic heterocycles. The number of anilines is 1. The Bertz CT molecular complexity index is 877. The fourth-order valence-corrected chi connectivity index (χ4v) is 4.58. The Morgan fingerprint density at radius 1 is 1.42 bits per heavy atom. The monoisotopic (exact) mass is 390 g/mol. The minimum absolute atomic E-state index is 0.184. The van der Waals surface area contributed by atoms with Crippen LogP contribution in [-0.2, 0) is 16.1 Å². The average Bonchev–Trinajstić information content (AvgIpc) is 3.28. The number of ether oxygens (including phenoxy) is 2. The molecular weight excluding hydrogens is 372 g/mol. The Balaban J connectivity index is 1.53. The second-order valence-corrected chi connectivity index (χ2v) is 7.73. The van der Waals surface area contributed by atoms with E-state index in [1.54, 1.807) is 23.3 Å². The van der Waals surface area contributed by atoms with E-state index in [1.165, 1.54) is 11.3 Å². The number of rotatable bonds is 4. The van der Waals surface area contributed by atoms with Crippen molar-refractivity contribution >= 4 is 44.1 Å². The zero-order chi connectivity index (χ0) is 17.9. The number of thiazole rings is 2. The van der Waals surface area contributed by atoms with Gasteiger partial charge in [-0.15, -0.1) is 22.7 Å². The Labute approximate surface area is 158 Å². The number of para-hydroxylation sites is 1. The van der Waals surface area contributed by atoms with Crippen LogP contribution in [0.4, 0.5) is 9.93 Å². The fourth-order valence-electron chi connectivity index (χ4n) is 2.83. The Morgan fingerprint density at radius 3 is 3.15 bits per heavy atom. The van der Waals surface area contributed by atoms with Crippen LogP contribution >= 0.6 is 22.7 Å². The molecule has 1 saturated heterocycles. The van der Waals surface area contributed by atoms with E-state index in [0.29, 0.717) is 31.5 Å². The summed E-state index contributed by atoms with van der Waals surface area (Å²) >= 11 is 2.99. The number of carbonyl (C=O) groups excluding carboxylic acids is 1. The standard InChI is InChI=1S/C17H18N4O3S2/c1-23-8-11-10-25-16(18-11)20-17(22)21-6-7-24-9-13(21)15-19-12-4-2-3-5-14(12)26-15/h2-5,10,13H,6-9H2,1H3,(H,18,20,22). The van der Waals surface area contributed by atoms with E-state index in [0.717, 1.165) is 20.9 Å². The SMILES string of the molecule is COCc1csc(NC(=O)N2CCOCC2c2nc3ccccc3s2)n1. The summed E-state index contributed by atoms with van der Waals surface area (Å²) < 4.78 is 11.8. The Hall–Kier alpha value is -2.07. The van der Waals surface area contributed by atoms with E-state index < -0.39 is 0 Å². The van der Waals surface area contributed by atoms with E-state index >= 15 is 0 Å². The van der Waals surface area contributed by atoms with Crippen LogP contribution in [0.15, 0.2) is 29.6 Å². The highest BCUT2D eigenvalue weighted by atomic mass is 32.1. The summed E-state index contributed by atoms with van der Waals surface area (Å²) in [7, 11) is 1.62. The van der Waals surface area contributed by atoms with Crippen LogP contribution in [0.3, 0.4) is 0 Å².